The molecule has 7 nitrogen and oxygen atoms in total. The lowest BCUT2D eigenvalue weighted by Gasteiger charge is -2.12. The lowest BCUT2D eigenvalue weighted by Crippen LogP contribution is -2.24. The van der Waals surface area contributed by atoms with Gasteiger partial charge in [0.2, 0.25) is 10.0 Å². The van der Waals surface area contributed by atoms with Crippen molar-refractivity contribution in [1.82, 2.24) is 4.31 Å². The molecule has 1 aromatic rings. The van der Waals surface area contributed by atoms with E-state index in [9.17, 15) is 18.0 Å². The number of nitrogens with one attached hydrogen (secondary N) is 1. The van der Waals surface area contributed by atoms with Gasteiger partial charge in [0, 0.05) is 19.8 Å². The van der Waals surface area contributed by atoms with Gasteiger partial charge in [0.05, 0.1) is 10.8 Å². The van der Waals surface area contributed by atoms with Crippen LogP contribution in [-0.2, 0) is 24.3 Å². The van der Waals surface area contributed by atoms with Crippen LogP contribution in [0.5, 0.6) is 0 Å². The second-order valence-corrected chi connectivity index (χ2v) is 9.18. The van der Waals surface area contributed by atoms with Crippen molar-refractivity contribution in [2.24, 2.45) is 5.92 Å². The molecule has 0 bridgehead atoms. The van der Waals surface area contributed by atoms with Crippen molar-refractivity contribution in [2.45, 2.75) is 15.6 Å². The molecule has 0 saturated heterocycles. The van der Waals surface area contributed by atoms with E-state index in [0.29, 0.717) is 6.42 Å². The summed E-state index contributed by atoms with van der Waals surface area (Å²) in [7, 11) is -0.793. The Hall–Kier alpha value is -1.35. The van der Waals surface area contributed by atoms with Gasteiger partial charge in [-0.05, 0) is 24.6 Å². The summed E-state index contributed by atoms with van der Waals surface area (Å²) in [6.07, 6.45) is 0.293. The number of ether oxygens (including phenoxy) is 1. The van der Waals surface area contributed by atoms with Crippen molar-refractivity contribution in [3.8, 4) is 0 Å². The minimum Gasteiger partial charge on any atom is -0.455 e. The third-order valence-electron chi connectivity index (χ3n) is 3.35. The summed E-state index contributed by atoms with van der Waals surface area (Å²) in [5, 5.41) is 2.46. The van der Waals surface area contributed by atoms with Crippen LogP contribution in [0, 0.1) is 5.92 Å². The van der Waals surface area contributed by atoms with Crippen molar-refractivity contribution in [1.29, 1.82) is 0 Å². The zero-order valence-electron chi connectivity index (χ0n) is 13.0. The Morgan fingerprint density at radius 1 is 1.38 bits per heavy atom. The molecule has 24 heavy (non-hydrogen) atoms. The molecular weight excluding hydrogens is 379 g/mol. The Morgan fingerprint density at radius 3 is 2.54 bits per heavy atom. The van der Waals surface area contributed by atoms with Crippen LogP contribution < -0.4 is 5.32 Å². The van der Waals surface area contributed by atoms with Crippen LogP contribution in [0.1, 0.15) is 6.42 Å². The van der Waals surface area contributed by atoms with Gasteiger partial charge in [0.15, 0.2) is 6.61 Å². The second kappa shape index (κ2) is 6.87. The smallest absolute Gasteiger partial charge is 0.312 e. The molecule has 1 aliphatic carbocycles. The van der Waals surface area contributed by atoms with Crippen LogP contribution >= 0.6 is 23.2 Å². The van der Waals surface area contributed by atoms with Gasteiger partial charge in [-0.15, -0.1) is 23.2 Å². The van der Waals surface area contributed by atoms with E-state index in [1.165, 1.54) is 38.4 Å². The lowest BCUT2D eigenvalue weighted by atomic mass is 10.3. The topological polar surface area (TPSA) is 92.8 Å². The molecule has 0 aliphatic heterocycles. The van der Waals surface area contributed by atoms with Crippen LogP contribution in [-0.4, -0.2) is 49.6 Å². The number of sulfonamides is 1. The molecular formula is C14H16Cl2N2O5S. The number of esters is 1. The number of alkyl halides is 2. The van der Waals surface area contributed by atoms with E-state index < -0.39 is 38.8 Å². The molecule has 0 unspecified atom stereocenters. The van der Waals surface area contributed by atoms with Crippen molar-refractivity contribution in [3.63, 3.8) is 0 Å². The first-order valence-electron chi connectivity index (χ1n) is 6.91. The third-order valence-corrected chi connectivity index (χ3v) is 6.00. The van der Waals surface area contributed by atoms with Crippen LogP contribution in [0.25, 0.3) is 0 Å². The van der Waals surface area contributed by atoms with Crippen molar-refractivity contribution < 1.29 is 22.7 Å². The predicted octanol–water partition coefficient (Wildman–Crippen LogP) is 1.61. The fraction of sp³-hybridized carbons (Fsp3) is 0.429. The first-order valence-corrected chi connectivity index (χ1v) is 9.10. The number of carbonyl (C=O) groups is 2. The Balaban J connectivity index is 1.94. The number of rotatable bonds is 6. The molecule has 0 heterocycles. The number of benzene rings is 1. The van der Waals surface area contributed by atoms with Gasteiger partial charge in [-0.3, -0.25) is 9.59 Å². The molecule has 1 N–H and O–H groups in total. The molecule has 1 atom stereocenters. The van der Waals surface area contributed by atoms with Crippen LogP contribution in [0.4, 0.5) is 5.69 Å². The molecule has 1 aromatic carbocycles. The first kappa shape index (κ1) is 19.0. The molecule has 0 aromatic heterocycles. The molecule has 1 saturated carbocycles. The van der Waals surface area contributed by atoms with Gasteiger partial charge in [0.1, 0.15) is 4.33 Å². The first-order chi connectivity index (χ1) is 11.0. The van der Waals surface area contributed by atoms with Crippen LogP contribution in [0.3, 0.4) is 0 Å². The van der Waals surface area contributed by atoms with E-state index in [-0.39, 0.29) is 10.6 Å². The van der Waals surface area contributed by atoms with E-state index in [1.807, 2.05) is 0 Å². The summed E-state index contributed by atoms with van der Waals surface area (Å²) < 4.78 is 28.9. The number of halogens is 2. The number of amides is 1. The summed E-state index contributed by atoms with van der Waals surface area (Å²) in [6, 6.07) is 5.76. The van der Waals surface area contributed by atoms with Crippen molar-refractivity contribution in [3.05, 3.63) is 24.3 Å². The normalized spacial score (nSPS) is 19.0. The Morgan fingerprint density at radius 2 is 2.00 bits per heavy atom. The van der Waals surface area contributed by atoms with Crippen molar-refractivity contribution >= 4 is 50.8 Å². The van der Waals surface area contributed by atoms with Crippen LogP contribution in [0.15, 0.2) is 29.2 Å². The molecule has 2 rings (SSSR count). The minimum atomic E-state index is -3.61. The van der Waals surface area contributed by atoms with E-state index >= 15 is 0 Å². The zero-order chi connectivity index (χ0) is 18.1. The van der Waals surface area contributed by atoms with E-state index in [4.69, 9.17) is 27.9 Å². The molecule has 10 heteroatoms. The quantitative estimate of drug-likeness (QED) is 0.584. The molecule has 0 radical (unpaired) electrons. The van der Waals surface area contributed by atoms with E-state index in [0.717, 1.165) is 4.31 Å². The van der Waals surface area contributed by atoms with E-state index in [1.54, 1.807) is 0 Å². The Labute approximate surface area is 149 Å². The summed E-state index contributed by atoms with van der Waals surface area (Å²) in [4.78, 5) is 23.4. The monoisotopic (exact) mass is 394 g/mol. The highest BCUT2D eigenvalue weighted by atomic mass is 35.5. The summed E-state index contributed by atoms with van der Waals surface area (Å²) in [5.74, 6) is -1.86. The summed E-state index contributed by atoms with van der Waals surface area (Å²) >= 11 is 11.5. The highest BCUT2D eigenvalue weighted by molar-refractivity contribution is 7.89. The fourth-order valence-electron chi connectivity index (χ4n) is 1.85. The summed E-state index contributed by atoms with van der Waals surface area (Å²) in [5.41, 5.74) is 0.273. The highest BCUT2D eigenvalue weighted by Gasteiger charge is 2.57. The lowest BCUT2D eigenvalue weighted by molar-refractivity contribution is -0.148. The molecule has 0 spiro atoms. The van der Waals surface area contributed by atoms with Gasteiger partial charge in [0.25, 0.3) is 5.91 Å². The molecule has 132 valence electrons. The SMILES string of the molecule is CN(C)S(=O)(=O)c1cccc(NC(=O)COC(=O)[C@@H]2CC2(Cl)Cl)c1. The minimum absolute atomic E-state index is 0.0364. The maximum atomic E-state index is 12.0. The maximum Gasteiger partial charge on any atom is 0.312 e. The van der Waals surface area contributed by atoms with Gasteiger partial charge in [-0.25, -0.2) is 12.7 Å². The van der Waals surface area contributed by atoms with Gasteiger partial charge < -0.3 is 10.1 Å². The Kier molecular flexibility index (Phi) is 5.44. The summed E-state index contributed by atoms with van der Waals surface area (Å²) in [6.45, 7) is -0.510. The number of nitrogens with zero attached hydrogens (tertiary/aromatic N) is 1. The largest absolute Gasteiger partial charge is 0.455 e. The maximum absolute atomic E-state index is 12.0. The second-order valence-electron chi connectivity index (χ2n) is 5.49. The van der Waals surface area contributed by atoms with Gasteiger partial charge in [-0.1, -0.05) is 6.07 Å². The van der Waals surface area contributed by atoms with Gasteiger partial charge >= 0.3 is 5.97 Å². The number of hydrogen-bond donors (Lipinski definition) is 1. The number of carbonyl (C=O) groups excluding carboxylic acids is 2. The van der Waals surface area contributed by atoms with Crippen LogP contribution in [0.2, 0.25) is 0 Å². The molecule has 1 fully saturated rings. The zero-order valence-corrected chi connectivity index (χ0v) is 15.3. The third kappa shape index (κ3) is 4.38. The average Bonchev–Trinajstić information content (AvgIpc) is 3.14. The number of anilines is 1. The fourth-order valence-corrected chi connectivity index (χ4v) is 3.28. The highest BCUT2D eigenvalue weighted by Crippen LogP contribution is 2.53. The molecule has 1 amide bonds. The standard InChI is InChI=1S/C14H16Cl2N2O5S/c1-18(2)24(21,22)10-5-3-4-9(6-10)17-12(19)8-23-13(20)11-7-14(11,15)16/h3-6,11H,7-8H2,1-2H3,(H,17,19)/t11-/m0/s1. The molecule has 1 aliphatic rings. The Bertz CT molecular complexity index is 764. The number of hydrogen-bond acceptors (Lipinski definition) is 5. The van der Waals surface area contributed by atoms with E-state index in [2.05, 4.69) is 5.32 Å². The average molecular weight is 395 g/mol. The predicted molar refractivity (Wildman–Crippen MR) is 89.4 cm³/mol. The van der Waals surface area contributed by atoms with Crippen molar-refractivity contribution in [2.75, 3.05) is 26.0 Å². The van der Waals surface area contributed by atoms with Gasteiger partial charge in [-0.2, -0.15) is 0 Å².